The molecule has 0 fully saturated rings. The zero-order valence-corrected chi connectivity index (χ0v) is 10.5. The fourth-order valence-corrected chi connectivity index (χ4v) is 1.46. The lowest BCUT2D eigenvalue weighted by Gasteiger charge is -2.11. The van der Waals surface area contributed by atoms with Crippen molar-refractivity contribution in [3.05, 3.63) is 24.7 Å². The van der Waals surface area contributed by atoms with Crippen molar-refractivity contribution in [2.24, 2.45) is 0 Å². The molecule has 0 amide bonds. The minimum Gasteiger partial charge on any atom is -0.396 e. The predicted molar refractivity (Wildman–Crippen MR) is 71.5 cm³/mol. The smallest absolute Gasteiger partial charge is 0.226 e. The fourth-order valence-electron chi connectivity index (χ4n) is 1.46. The third-order valence-corrected chi connectivity index (χ3v) is 2.34. The highest BCUT2D eigenvalue weighted by Crippen LogP contribution is 2.07. The molecule has 2 aromatic rings. The van der Waals surface area contributed by atoms with E-state index in [2.05, 4.69) is 20.4 Å². The Kier molecular flexibility index (Phi) is 3.61. The molecule has 7 nitrogen and oxygen atoms in total. The monoisotopic (exact) mass is 247 g/mol. The van der Waals surface area contributed by atoms with Gasteiger partial charge in [-0.1, -0.05) is 0 Å². The van der Waals surface area contributed by atoms with E-state index in [1.165, 1.54) is 0 Å². The normalized spacial score (nSPS) is 10.3. The molecule has 96 valence electrons. The van der Waals surface area contributed by atoms with E-state index in [1.54, 1.807) is 23.3 Å². The van der Waals surface area contributed by atoms with Crippen LogP contribution in [0.25, 0.3) is 0 Å². The van der Waals surface area contributed by atoms with Gasteiger partial charge in [0.1, 0.15) is 5.82 Å². The van der Waals surface area contributed by atoms with Crippen molar-refractivity contribution in [3.63, 3.8) is 0 Å². The molecule has 0 bridgehead atoms. The summed E-state index contributed by atoms with van der Waals surface area (Å²) in [6, 6.07) is 1.84. The van der Waals surface area contributed by atoms with E-state index in [1.807, 2.05) is 25.1 Å². The quantitative estimate of drug-likeness (QED) is 0.797. The number of hydrogen-bond acceptors (Lipinski definition) is 6. The fraction of sp³-hybridized carbons (Fsp3) is 0.364. The zero-order valence-electron chi connectivity index (χ0n) is 10.5. The Balaban J connectivity index is 1.88. The standard InChI is InChI=1S/C11H17N7/c1-17(2)11-14-4-3-10(16-11)13-5-6-18-8-9(12)7-15-18/h3-4,7-8H,5-6,12H2,1-2H3,(H,13,14,16). The van der Waals surface area contributed by atoms with Crippen LogP contribution in [0.15, 0.2) is 24.7 Å². The molecular weight excluding hydrogens is 230 g/mol. The average Bonchev–Trinajstić information content (AvgIpc) is 2.75. The predicted octanol–water partition coefficient (Wildman–Crippen LogP) is 0.433. The van der Waals surface area contributed by atoms with Gasteiger partial charge < -0.3 is 16.0 Å². The molecule has 0 saturated heterocycles. The Bertz CT molecular complexity index is 506. The molecule has 7 heteroatoms. The molecule has 0 aliphatic heterocycles. The molecule has 0 spiro atoms. The van der Waals surface area contributed by atoms with E-state index in [9.17, 15) is 0 Å². The summed E-state index contributed by atoms with van der Waals surface area (Å²) in [6.07, 6.45) is 5.16. The number of hydrogen-bond donors (Lipinski definition) is 2. The van der Waals surface area contributed by atoms with Crippen molar-refractivity contribution in [3.8, 4) is 0 Å². The highest BCUT2D eigenvalue weighted by molar-refractivity contribution is 5.40. The van der Waals surface area contributed by atoms with Crippen LogP contribution in [-0.4, -0.2) is 40.4 Å². The van der Waals surface area contributed by atoms with Crippen molar-refractivity contribution < 1.29 is 0 Å². The summed E-state index contributed by atoms with van der Waals surface area (Å²) >= 11 is 0. The van der Waals surface area contributed by atoms with Crippen molar-refractivity contribution in [1.82, 2.24) is 19.7 Å². The number of nitrogens with one attached hydrogen (secondary N) is 1. The summed E-state index contributed by atoms with van der Waals surface area (Å²) in [7, 11) is 3.82. The van der Waals surface area contributed by atoms with Crippen molar-refractivity contribution in [2.75, 3.05) is 36.6 Å². The Morgan fingerprint density at radius 1 is 1.44 bits per heavy atom. The maximum Gasteiger partial charge on any atom is 0.226 e. The Morgan fingerprint density at radius 2 is 2.28 bits per heavy atom. The highest BCUT2D eigenvalue weighted by atomic mass is 15.3. The molecule has 0 radical (unpaired) electrons. The van der Waals surface area contributed by atoms with Gasteiger partial charge >= 0.3 is 0 Å². The Labute approximate surface area is 106 Å². The molecule has 3 N–H and O–H groups in total. The average molecular weight is 247 g/mol. The van der Waals surface area contributed by atoms with Crippen LogP contribution in [0.3, 0.4) is 0 Å². The minimum absolute atomic E-state index is 0.673. The van der Waals surface area contributed by atoms with Gasteiger partial charge in [0.15, 0.2) is 0 Å². The maximum atomic E-state index is 5.58. The van der Waals surface area contributed by atoms with Gasteiger partial charge in [0.25, 0.3) is 0 Å². The van der Waals surface area contributed by atoms with Gasteiger partial charge in [0.05, 0.1) is 18.4 Å². The van der Waals surface area contributed by atoms with Crippen molar-refractivity contribution in [1.29, 1.82) is 0 Å². The van der Waals surface area contributed by atoms with Crippen LogP contribution in [0, 0.1) is 0 Å². The van der Waals surface area contributed by atoms with Crippen LogP contribution in [0.5, 0.6) is 0 Å². The molecule has 2 rings (SSSR count). The lowest BCUT2D eigenvalue weighted by molar-refractivity contribution is 0.637. The van der Waals surface area contributed by atoms with Crippen LogP contribution in [0.1, 0.15) is 0 Å². The number of nitrogens with zero attached hydrogens (tertiary/aromatic N) is 5. The first-order chi connectivity index (χ1) is 8.65. The van der Waals surface area contributed by atoms with E-state index in [0.29, 0.717) is 11.6 Å². The number of rotatable bonds is 5. The summed E-state index contributed by atoms with van der Waals surface area (Å²) in [6.45, 7) is 1.46. The topological polar surface area (TPSA) is 84.9 Å². The van der Waals surface area contributed by atoms with Crippen molar-refractivity contribution in [2.45, 2.75) is 6.54 Å². The molecule has 2 aromatic heterocycles. The van der Waals surface area contributed by atoms with Gasteiger partial charge in [-0.15, -0.1) is 0 Å². The van der Waals surface area contributed by atoms with Crippen LogP contribution in [0.2, 0.25) is 0 Å². The number of aromatic nitrogens is 4. The van der Waals surface area contributed by atoms with E-state index in [-0.39, 0.29) is 0 Å². The summed E-state index contributed by atoms with van der Waals surface area (Å²) in [4.78, 5) is 10.4. The van der Waals surface area contributed by atoms with Crippen molar-refractivity contribution >= 4 is 17.5 Å². The van der Waals surface area contributed by atoms with Crippen LogP contribution < -0.4 is 16.0 Å². The second-order valence-electron chi connectivity index (χ2n) is 4.10. The largest absolute Gasteiger partial charge is 0.396 e. The van der Waals surface area contributed by atoms with Gasteiger partial charge in [-0.3, -0.25) is 4.68 Å². The molecule has 0 unspecified atom stereocenters. The van der Waals surface area contributed by atoms with E-state index in [0.717, 1.165) is 18.9 Å². The Hall–Kier alpha value is -2.31. The first kappa shape index (κ1) is 12.2. The van der Waals surface area contributed by atoms with Gasteiger partial charge in [-0.05, 0) is 6.07 Å². The van der Waals surface area contributed by atoms with Gasteiger partial charge in [0, 0.05) is 33.0 Å². The summed E-state index contributed by atoms with van der Waals surface area (Å²) in [5.74, 6) is 1.48. The molecule has 0 saturated carbocycles. The third-order valence-electron chi connectivity index (χ3n) is 2.34. The van der Waals surface area contributed by atoms with Crippen LogP contribution in [0.4, 0.5) is 17.5 Å². The summed E-state index contributed by atoms with van der Waals surface area (Å²) in [5, 5.41) is 7.32. The van der Waals surface area contributed by atoms with Gasteiger partial charge in [-0.25, -0.2) is 4.98 Å². The summed E-state index contributed by atoms with van der Waals surface area (Å²) < 4.78 is 1.79. The number of nitrogens with two attached hydrogens (primary N) is 1. The third kappa shape index (κ3) is 3.09. The molecule has 18 heavy (non-hydrogen) atoms. The first-order valence-electron chi connectivity index (χ1n) is 5.67. The van der Waals surface area contributed by atoms with E-state index < -0.39 is 0 Å². The van der Waals surface area contributed by atoms with Gasteiger partial charge in [-0.2, -0.15) is 10.1 Å². The molecule has 0 aromatic carbocycles. The number of anilines is 3. The lowest BCUT2D eigenvalue weighted by atomic mass is 10.5. The van der Waals surface area contributed by atoms with Gasteiger partial charge in [0.2, 0.25) is 5.95 Å². The summed E-state index contributed by atoms with van der Waals surface area (Å²) in [5.41, 5.74) is 6.26. The van der Waals surface area contributed by atoms with Crippen LogP contribution in [-0.2, 0) is 6.54 Å². The number of nitrogen functional groups attached to an aromatic ring is 1. The Morgan fingerprint density at radius 3 is 2.94 bits per heavy atom. The first-order valence-corrected chi connectivity index (χ1v) is 5.67. The second kappa shape index (κ2) is 5.35. The highest BCUT2D eigenvalue weighted by Gasteiger charge is 2.00. The molecular formula is C11H17N7. The maximum absolute atomic E-state index is 5.58. The molecule has 2 heterocycles. The zero-order chi connectivity index (χ0) is 13.0. The second-order valence-corrected chi connectivity index (χ2v) is 4.10. The van der Waals surface area contributed by atoms with E-state index in [4.69, 9.17) is 5.73 Å². The lowest BCUT2D eigenvalue weighted by Crippen LogP contribution is -2.15. The van der Waals surface area contributed by atoms with Crippen LogP contribution >= 0.6 is 0 Å². The molecule has 0 aliphatic carbocycles. The van der Waals surface area contributed by atoms with E-state index >= 15 is 0 Å². The molecule has 0 atom stereocenters. The molecule has 0 aliphatic rings. The minimum atomic E-state index is 0.673. The SMILES string of the molecule is CN(C)c1nccc(NCCn2cc(N)cn2)n1.